The lowest BCUT2D eigenvalue weighted by atomic mass is 9.78. The molecule has 3 rings (SSSR count). The van der Waals surface area contributed by atoms with E-state index in [1.165, 1.54) is 0 Å². The van der Waals surface area contributed by atoms with E-state index in [9.17, 15) is 4.79 Å². The summed E-state index contributed by atoms with van der Waals surface area (Å²) in [7, 11) is -0.451. The highest BCUT2D eigenvalue weighted by atomic mass is 16.7. The van der Waals surface area contributed by atoms with Gasteiger partial charge in [0.25, 0.3) is 0 Å². The third kappa shape index (κ3) is 3.69. The van der Waals surface area contributed by atoms with Gasteiger partial charge in [0.05, 0.1) is 17.2 Å². The second-order valence-electron chi connectivity index (χ2n) is 8.90. The number of benzene rings is 1. The Balaban J connectivity index is 1.77. The number of alkyl carbamates (subject to hydrolysis) is 1. The molecule has 0 bridgehead atoms. The minimum absolute atomic E-state index is 0.262. The monoisotopic (exact) mass is 361 g/mol. The maximum absolute atomic E-state index is 12.1. The van der Waals surface area contributed by atoms with Crippen LogP contribution in [0.5, 0.6) is 5.75 Å². The van der Waals surface area contributed by atoms with Crippen molar-refractivity contribution in [2.75, 3.05) is 6.61 Å². The van der Waals surface area contributed by atoms with Crippen LogP contribution in [0.3, 0.4) is 0 Å². The second-order valence-corrected chi connectivity index (χ2v) is 8.90. The molecule has 2 heterocycles. The third-order valence-corrected chi connectivity index (χ3v) is 5.03. The molecule has 142 valence electrons. The first kappa shape index (κ1) is 19.0. The second kappa shape index (κ2) is 6.17. The zero-order valence-electron chi connectivity index (χ0n) is 16.6. The number of ether oxygens (including phenoxy) is 2. The molecule has 26 heavy (non-hydrogen) atoms. The first-order valence-corrected chi connectivity index (χ1v) is 9.00. The fourth-order valence-electron chi connectivity index (χ4n) is 2.93. The molecule has 0 spiro atoms. The summed E-state index contributed by atoms with van der Waals surface area (Å²) >= 11 is 0. The van der Waals surface area contributed by atoms with Crippen molar-refractivity contribution in [2.24, 2.45) is 0 Å². The lowest BCUT2D eigenvalue weighted by Gasteiger charge is -2.32. The van der Waals surface area contributed by atoms with Crippen LogP contribution in [0.1, 0.15) is 60.1 Å². The van der Waals surface area contributed by atoms with Gasteiger partial charge in [-0.25, -0.2) is 4.79 Å². The molecule has 1 atom stereocenters. The molecule has 1 aromatic rings. The van der Waals surface area contributed by atoms with Gasteiger partial charge in [-0.2, -0.15) is 0 Å². The Labute approximate surface area is 155 Å². The Morgan fingerprint density at radius 2 is 1.81 bits per heavy atom. The van der Waals surface area contributed by atoms with Crippen LogP contribution in [-0.4, -0.2) is 36.6 Å². The zero-order valence-corrected chi connectivity index (χ0v) is 16.6. The maximum Gasteiger partial charge on any atom is 0.494 e. The quantitative estimate of drug-likeness (QED) is 0.821. The molecule has 1 amide bonds. The molecular formula is C19H28BNO5. The van der Waals surface area contributed by atoms with Crippen molar-refractivity contribution in [3.8, 4) is 5.75 Å². The molecule has 1 aromatic carbocycles. The van der Waals surface area contributed by atoms with E-state index in [4.69, 9.17) is 18.8 Å². The van der Waals surface area contributed by atoms with Crippen LogP contribution in [0.2, 0.25) is 0 Å². The SMILES string of the molecule is CC(C)(C)OC(=O)NC1COc2ccc(B3OC(C)(C)C(C)(C)O3)cc21. The number of rotatable bonds is 2. The number of hydrogen-bond donors (Lipinski definition) is 1. The molecular weight excluding hydrogens is 333 g/mol. The van der Waals surface area contributed by atoms with Crippen LogP contribution in [0.4, 0.5) is 4.79 Å². The third-order valence-electron chi connectivity index (χ3n) is 5.03. The van der Waals surface area contributed by atoms with Crippen molar-refractivity contribution < 1.29 is 23.6 Å². The molecule has 1 saturated heterocycles. The standard InChI is InChI=1S/C19H28BNO5/c1-17(2,3)24-16(22)21-14-11-23-15-9-8-12(10-13(14)15)20-25-18(4,5)19(6,7)26-20/h8-10,14H,11H2,1-7H3,(H,21,22). The van der Waals surface area contributed by atoms with Gasteiger partial charge >= 0.3 is 13.2 Å². The highest BCUT2D eigenvalue weighted by molar-refractivity contribution is 6.62. The molecule has 0 aliphatic carbocycles. The van der Waals surface area contributed by atoms with Crippen molar-refractivity contribution in [2.45, 2.75) is 71.3 Å². The zero-order chi connectivity index (χ0) is 19.3. The average Bonchev–Trinajstić information content (AvgIpc) is 2.95. The van der Waals surface area contributed by atoms with Gasteiger partial charge in [-0.1, -0.05) is 12.1 Å². The largest absolute Gasteiger partial charge is 0.494 e. The van der Waals surface area contributed by atoms with Crippen LogP contribution in [-0.2, 0) is 14.0 Å². The van der Waals surface area contributed by atoms with Crippen LogP contribution >= 0.6 is 0 Å². The number of fused-ring (bicyclic) bond motifs is 1. The minimum Gasteiger partial charge on any atom is -0.491 e. The van der Waals surface area contributed by atoms with E-state index in [0.29, 0.717) is 6.61 Å². The Hall–Kier alpha value is -1.73. The summed E-state index contributed by atoms with van der Waals surface area (Å²) in [5.74, 6) is 0.756. The van der Waals surface area contributed by atoms with E-state index < -0.39 is 30.0 Å². The van der Waals surface area contributed by atoms with Gasteiger partial charge in [0.15, 0.2) is 0 Å². The molecule has 0 saturated carbocycles. The van der Waals surface area contributed by atoms with E-state index >= 15 is 0 Å². The topological polar surface area (TPSA) is 66.0 Å². The smallest absolute Gasteiger partial charge is 0.491 e. The Kier molecular flexibility index (Phi) is 4.52. The van der Waals surface area contributed by atoms with Crippen molar-refractivity contribution in [3.05, 3.63) is 23.8 Å². The van der Waals surface area contributed by atoms with Crippen molar-refractivity contribution >= 4 is 18.7 Å². The Bertz CT molecular complexity index is 694. The van der Waals surface area contributed by atoms with Gasteiger partial charge < -0.3 is 24.1 Å². The number of amides is 1. The fraction of sp³-hybridized carbons (Fsp3) is 0.632. The van der Waals surface area contributed by atoms with Gasteiger partial charge in [-0.3, -0.25) is 0 Å². The summed E-state index contributed by atoms with van der Waals surface area (Å²) in [6.45, 7) is 14.0. The number of carbonyl (C=O) groups is 1. The van der Waals surface area contributed by atoms with E-state index in [0.717, 1.165) is 16.8 Å². The predicted molar refractivity (Wildman–Crippen MR) is 99.8 cm³/mol. The van der Waals surface area contributed by atoms with Gasteiger partial charge in [0.1, 0.15) is 18.0 Å². The van der Waals surface area contributed by atoms with Crippen LogP contribution in [0.15, 0.2) is 18.2 Å². The van der Waals surface area contributed by atoms with Crippen molar-refractivity contribution in [3.63, 3.8) is 0 Å². The number of carbonyl (C=O) groups excluding carboxylic acids is 1. The van der Waals surface area contributed by atoms with Crippen molar-refractivity contribution in [1.29, 1.82) is 0 Å². The normalized spacial score (nSPS) is 23.3. The van der Waals surface area contributed by atoms with E-state index in [-0.39, 0.29) is 6.04 Å². The highest BCUT2D eigenvalue weighted by Crippen LogP contribution is 2.37. The summed E-state index contributed by atoms with van der Waals surface area (Å²) in [5, 5.41) is 2.87. The molecule has 1 fully saturated rings. The lowest BCUT2D eigenvalue weighted by molar-refractivity contribution is 0.00578. The summed E-state index contributed by atoms with van der Waals surface area (Å²) in [6.07, 6.45) is -0.458. The molecule has 2 aliphatic heterocycles. The van der Waals surface area contributed by atoms with Gasteiger partial charge in [0, 0.05) is 5.56 Å². The van der Waals surface area contributed by atoms with Gasteiger partial charge in [-0.15, -0.1) is 0 Å². The molecule has 1 N–H and O–H groups in total. The lowest BCUT2D eigenvalue weighted by Crippen LogP contribution is -2.41. The average molecular weight is 361 g/mol. The van der Waals surface area contributed by atoms with Crippen LogP contribution in [0.25, 0.3) is 0 Å². The van der Waals surface area contributed by atoms with Crippen LogP contribution in [0, 0.1) is 0 Å². The molecule has 1 unspecified atom stereocenters. The van der Waals surface area contributed by atoms with Gasteiger partial charge in [0.2, 0.25) is 0 Å². The van der Waals surface area contributed by atoms with E-state index in [1.807, 2.05) is 66.7 Å². The Morgan fingerprint density at radius 1 is 1.19 bits per heavy atom. The number of nitrogens with one attached hydrogen (secondary N) is 1. The number of hydrogen-bond acceptors (Lipinski definition) is 5. The Morgan fingerprint density at radius 3 is 2.38 bits per heavy atom. The summed E-state index contributed by atoms with van der Waals surface area (Å²) in [5.41, 5.74) is 0.464. The summed E-state index contributed by atoms with van der Waals surface area (Å²) < 4.78 is 23.3. The molecule has 0 aromatic heterocycles. The first-order chi connectivity index (χ1) is 11.9. The fourth-order valence-corrected chi connectivity index (χ4v) is 2.93. The van der Waals surface area contributed by atoms with E-state index in [1.54, 1.807) is 0 Å². The summed E-state index contributed by atoms with van der Waals surface area (Å²) in [4.78, 5) is 12.1. The molecule has 2 aliphatic rings. The van der Waals surface area contributed by atoms with Crippen molar-refractivity contribution in [1.82, 2.24) is 5.32 Å². The molecule has 0 radical (unpaired) electrons. The molecule has 7 heteroatoms. The minimum atomic E-state index is -0.545. The molecule has 6 nitrogen and oxygen atoms in total. The van der Waals surface area contributed by atoms with Gasteiger partial charge in [-0.05, 0) is 60.0 Å². The van der Waals surface area contributed by atoms with Crippen LogP contribution < -0.4 is 15.5 Å². The summed E-state index contributed by atoms with van der Waals surface area (Å²) in [6, 6.07) is 5.55. The highest BCUT2D eigenvalue weighted by Gasteiger charge is 2.52. The van der Waals surface area contributed by atoms with E-state index in [2.05, 4.69) is 5.32 Å². The predicted octanol–water partition coefficient (Wildman–Crippen LogP) is 2.94. The first-order valence-electron chi connectivity index (χ1n) is 9.00. The maximum atomic E-state index is 12.1.